The van der Waals surface area contributed by atoms with Crippen molar-refractivity contribution >= 4 is 40.5 Å². The van der Waals surface area contributed by atoms with E-state index < -0.39 is 0 Å². The zero-order valence-corrected chi connectivity index (χ0v) is 10.2. The number of carbonyl (C=O) groups is 1. The van der Waals surface area contributed by atoms with Crippen molar-refractivity contribution in [2.75, 3.05) is 24.3 Å². The number of carbonyl (C=O) groups excluding carboxylic acids is 1. The molecular formula is C10H12Cl2N2O2. The summed E-state index contributed by atoms with van der Waals surface area (Å²) in [6.45, 7) is 2.29. The molecule has 0 radical (unpaired) electrons. The van der Waals surface area contributed by atoms with Crippen LogP contribution in [0.1, 0.15) is 6.92 Å². The van der Waals surface area contributed by atoms with Crippen LogP contribution in [-0.4, -0.2) is 19.1 Å². The molecule has 0 atom stereocenters. The minimum absolute atomic E-state index is 0.00385. The average molecular weight is 263 g/mol. The molecule has 0 fully saturated rings. The van der Waals surface area contributed by atoms with Crippen LogP contribution >= 0.6 is 23.2 Å². The van der Waals surface area contributed by atoms with Crippen molar-refractivity contribution in [2.24, 2.45) is 0 Å². The van der Waals surface area contributed by atoms with Crippen molar-refractivity contribution in [3.8, 4) is 0 Å². The summed E-state index contributed by atoms with van der Waals surface area (Å²) in [6.07, 6.45) is 0. The van der Waals surface area contributed by atoms with Gasteiger partial charge in [-0.05, 0) is 19.1 Å². The van der Waals surface area contributed by atoms with Gasteiger partial charge in [0.25, 0.3) is 0 Å². The van der Waals surface area contributed by atoms with Gasteiger partial charge in [-0.1, -0.05) is 23.2 Å². The summed E-state index contributed by atoms with van der Waals surface area (Å²) < 4.78 is 4.95. The fraction of sp³-hybridized carbons (Fsp3) is 0.300. The molecule has 0 aliphatic rings. The van der Waals surface area contributed by atoms with Crippen LogP contribution in [-0.2, 0) is 9.53 Å². The Bertz CT molecular complexity index is 373. The van der Waals surface area contributed by atoms with Gasteiger partial charge >= 0.3 is 0 Å². The van der Waals surface area contributed by atoms with E-state index in [-0.39, 0.29) is 12.5 Å². The van der Waals surface area contributed by atoms with Crippen molar-refractivity contribution in [3.63, 3.8) is 0 Å². The van der Waals surface area contributed by atoms with E-state index in [1.165, 1.54) is 12.1 Å². The highest BCUT2D eigenvalue weighted by Gasteiger charge is 2.07. The van der Waals surface area contributed by atoms with Crippen LogP contribution in [0.15, 0.2) is 12.1 Å². The van der Waals surface area contributed by atoms with Gasteiger partial charge in [-0.25, -0.2) is 0 Å². The van der Waals surface area contributed by atoms with Gasteiger partial charge in [-0.3, -0.25) is 4.79 Å². The number of ether oxygens (including phenoxy) is 1. The molecular weight excluding hydrogens is 251 g/mol. The van der Waals surface area contributed by atoms with Crippen LogP contribution in [0, 0.1) is 0 Å². The van der Waals surface area contributed by atoms with Gasteiger partial charge < -0.3 is 15.8 Å². The predicted octanol–water partition coefficient (Wildman–Crippen LogP) is 2.55. The van der Waals surface area contributed by atoms with Crippen molar-refractivity contribution in [1.82, 2.24) is 0 Å². The van der Waals surface area contributed by atoms with Gasteiger partial charge in [0.2, 0.25) is 5.91 Å². The second-order valence-corrected chi connectivity index (χ2v) is 3.85. The molecule has 1 aromatic carbocycles. The van der Waals surface area contributed by atoms with Crippen LogP contribution in [0.25, 0.3) is 0 Å². The highest BCUT2D eigenvalue weighted by atomic mass is 35.5. The molecule has 1 aromatic rings. The highest BCUT2D eigenvalue weighted by Crippen LogP contribution is 2.30. The molecule has 0 aliphatic carbocycles. The Balaban J connectivity index is 2.71. The fourth-order valence-corrected chi connectivity index (χ4v) is 1.54. The molecule has 88 valence electrons. The number of nitrogens with one attached hydrogen (secondary N) is 1. The Hall–Kier alpha value is -0.970. The van der Waals surface area contributed by atoms with E-state index in [1.54, 1.807) is 0 Å². The molecule has 16 heavy (non-hydrogen) atoms. The van der Waals surface area contributed by atoms with E-state index in [4.69, 9.17) is 33.7 Å². The first-order chi connectivity index (χ1) is 7.54. The summed E-state index contributed by atoms with van der Waals surface area (Å²) in [7, 11) is 0. The van der Waals surface area contributed by atoms with Crippen molar-refractivity contribution in [1.29, 1.82) is 0 Å². The third kappa shape index (κ3) is 3.56. The zero-order valence-electron chi connectivity index (χ0n) is 8.72. The first kappa shape index (κ1) is 13.1. The Morgan fingerprint density at radius 2 is 2.00 bits per heavy atom. The standard InChI is InChI=1S/C10H12Cl2N2O2/c1-2-16-5-9(15)14-6-3-7(11)10(13)8(12)4-6/h3-4H,2,5,13H2,1H3,(H,14,15). The van der Waals surface area contributed by atoms with Gasteiger partial charge in [0.1, 0.15) is 6.61 Å². The van der Waals surface area contributed by atoms with Crippen molar-refractivity contribution in [3.05, 3.63) is 22.2 Å². The Morgan fingerprint density at radius 3 is 2.50 bits per heavy atom. The first-order valence-electron chi connectivity index (χ1n) is 4.66. The lowest BCUT2D eigenvalue weighted by Gasteiger charge is -2.08. The lowest BCUT2D eigenvalue weighted by atomic mass is 10.3. The topological polar surface area (TPSA) is 64.3 Å². The number of benzene rings is 1. The second kappa shape index (κ2) is 5.94. The Labute approximate surface area is 104 Å². The molecule has 1 amide bonds. The van der Waals surface area contributed by atoms with E-state index >= 15 is 0 Å². The minimum atomic E-state index is -0.265. The van der Waals surface area contributed by atoms with Crippen LogP contribution in [0.3, 0.4) is 0 Å². The van der Waals surface area contributed by atoms with Crippen molar-refractivity contribution < 1.29 is 9.53 Å². The van der Waals surface area contributed by atoms with Crippen LogP contribution < -0.4 is 11.1 Å². The number of hydrogen-bond donors (Lipinski definition) is 2. The second-order valence-electron chi connectivity index (χ2n) is 3.04. The molecule has 6 heteroatoms. The van der Waals surface area contributed by atoms with Crippen LogP contribution in [0.5, 0.6) is 0 Å². The number of rotatable bonds is 4. The molecule has 0 saturated carbocycles. The summed E-state index contributed by atoms with van der Waals surface area (Å²) in [5, 5.41) is 3.21. The van der Waals surface area contributed by atoms with E-state index in [9.17, 15) is 4.79 Å². The maximum atomic E-state index is 11.3. The molecule has 0 spiro atoms. The smallest absolute Gasteiger partial charge is 0.250 e. The van der Waals surface area contributed by atoms with E-state index in [2.05, 4.69) is 5.32 Å². The molecule has 0 aliphatic heterocycles. The van der Waals surface area contributed by atoms with Crippen molar-refractivity contribution in [2.45, 2.75) is 6.92 Å². The van der Waals surface area contributed by atoms with Gasteiger partial charge in [-0.15, -0.1) is 0 Å². The largest absolute Gasteiger partial charge is 0.396 e. The molecule has 0 saturated heterocycles. The number of amides is 1. The summed E-state index contributed by atoms with van der Waals surface area (Å²) in [4.78, 5) is 11.3. The molecule has 4 nitrogen and oxygen atoms in total. The monoisotopic (exact) mass is 262 g/mol. The van der Waals surface area contributed by atoms with Gasteiger partial charge in [0, 0.05) is 12.3 Å². The quantitative estimate of drug-likeness (QED) is 0.820. The minimum Gasteiger partial charge on any atom is -0.396 e. The molecule has 0 aromatic heterocycles. The number of nitrogen functional groups attached to an aromatic ring is 1. The lowest BCUT2D eigenvalue weighted by Crippen LogP contribution is -2.18. The van der Waals surface area contributed by atoms with Crippen LogP contribution in [0.2, 0.25) is 10.0 Å². The number of anilines is 2. The number of halogens is 2. The molecule has 0 bridgehead atoms. The Morgan fingerprint density at radius 1 is 1.44 bits per heavy atom. The summed E-state index contributed by atoms with van der Waals surface area (Å²) in [5.74, 6) is -0.265. The SMILES string of the molecule is CCOCC(=O)Nc1cc(Cl)c(N)c(Cl)c1. The maximum absolute atomic E-state index is 11.3. The average Bonchev–Trinajstić information content (AvgIpc) is 2.23. The first-order valence-corrected chi connectivity index (χ1v) is 5.42. The van der Waals surface area contributed by atoms with Crippen LogP contribution in [0.4, 0.5) is 11.4 Å². The summed E-state index contributed by atoms with van der Waals surface area (Å²) in [5.41, 5.74) is 6.35. The highest BCUT2D eigenvalue weighted by molar-refractivity contribution is 6.39. The predicted molar refractivity (Wildman–Crippen MR) is 66.0 cm³/mol. The number of nitrogens with two attached hydrogens (primary N) is 1. The van der Waals surface area contributed by atoms with E-state index in [0.29, 0.717) is 28.0 Å². The zero-order chi connectivity index (χ0) is 12.1. The maximum Gasteiger partial charge on any atom is 0.250 e. The lowest BCUT2D eigenvalue weighted by molar-refractivity contribution is -0.120. The van der Waals surface area contributed by atoms with Gasteiger partial charge in [-0.2, -0.15) is 0 Å². The fourth-order valence-electron chi connectivity index (χ4n) is 1.05. The van der Waals surface area contributed by atoms with Gasteiger partial charge in [0.05, 0.1) is 15.7 Å². The normalized spacial score (nSPS) is 10.2. The third-order valence-electron chi connectivity index (χ3n) is 1.80. The van der Waals surface area contributed by atoms with Gasteiger partial charge in [0.15, 0.2) is 0 Å². The Kier molecular flexibility index (Phi) is 4.86. The third-order valence-corrected chi connectivity index (χ3v) is 2.43. The molecule has 0 unspecified atom stereocenters. The summed E-state index contributed by atoms with van der Waals surface area (Å²) >= 11 is 11.6. The molecule has 1 rings (SSSR count). The molecule has 0 heterocycles. The van der Waals surface area contributed by atoms with E-state index in [1.807, 2.05) is 6.92 Å². The molecule has 3 N–H and O–H groups in total. The number of hydrogen-bond acceptors (Lipinski definition) is 3. The van der Waals surface area contributed by atoms with E-state index in [0.717, 1.165) is 0 Å². The summed E-state index contributed by atoms with van der Waals surface area (Å²) in [6, 6.07) is 3.07.